The zero-order chi connectivity index (χ0) is 24.0. The minimum atomic E-state index is -0.951. The predicted molar refractivity (Wildman–Crippen MR) is 122 cm³/mol. The maximum Gasteiger partial charge on any atom is 0.257 e. The van der Waals surface area contributed by atoms with Gasteiger partial charge in [-0.25, -0.2) is 8.78 Å². The number of halogens is 2. The summed E-state index contributed by atoms with van der Waals surface area (Å²) in [6, 6.07) is 10.4. The van der Waals surface area contributed by atoms with Gasteiger partial charge in [-0.1, -0.05) is 32.0 Å². The molecule has 0 aliphatic carbocycles. The molecule has 178 valence electrons. The van der Waals surface area contributed by atoms with E-state index in [1.54, 1.807) is 25.9 Å². The number of ether oxygens (including phenoxy) is 1. The fraction of sp³-hybridized carbons (Fsp3) is 0.440. The predicted octanol–water partition coefficient (Wildman–Crippen LogP) is 3.11. The lowest BCUT2D eigenvalue weighted by molar-refractivity contribution is -0.136. The van der Waals surface area contributed by atoms with Gasteiger partial charge in [0.2, 0.25) is 5.91 Å². The van der Waals surface area contributed by atoms with Gasteiger partial charge in [-0.3, -0.25) is 14.5 Å². The fourth-order valence-electron chi connectivity index (χ4n) is 3.91. The van der Waals surface area contributed by atoms with Gasteiger partial charge in [0.1, 0.15) is 29.0 Å². The molecule has 3 rings (SSSR count). The highest BCUT2D eigenvalue weighted by molar-refractivity contribution is 5.98. The lowest BCUT2D eigenvalue weighted by atomic mass is 10.0. The fourth-order valence-corrected chi connectivity index (χ4v) is 3.91. The zero-order valence-electron chi connectivity index (χ0n) is 19.3. The molecule has 1 aliphatic heterocycles. The monoisotopic (exact) mass is 459 g/mol. The van der Waals surface area contributed by atoms with Crippen molar-refractivity contribution in [2.45, 2.75) is 26.3 Å². The summed E-state index contributed by atoms with van der Waals surface area (Å²) in [4.78, 5) is 29.7. The number of methoxy groups -OCH3 is 1. The lowest BCUT2D eigenvalue weighted by Gasteiger charge is -2.37. The molecule has 1 atom stereocenters. The van der Waals surface area contributed by atoms with Gasteiger partial charge in [-0.05, 0) is 42.2 Å². The second-order valence-electron chi connectivity index (χ2n) is 8.56. The Balaban J connectivity index is 1.54. The van der Waals surface area contributed by atoms with E-state index in [9.17, 15) is 18.4 Å². The third-order valence-corrected chi connectivity index (χ3v) is 5.97. The van der Waals surface area contributed by atoms with E-state index < -0.39 is 29.1 Å². The lowest BCUT2D eigenvalue weighted by Crippen LogP contribution is -2.56. The van der Waals surface area contributed by atoms with Crippen LogP contribution in [-0.2, 0) is 11.2 Å². The SMILES string of the molecule is COc1ccc(CCN2CCN(C(=O)[C@@H](NC(=O)c3c(F)cccc3F)C(C)C)CC2)cc1. The Morgan fingerprint density at radius 1 is 1.00 bits per heavy atom. The van der Waals surface area contributed by atoms with Crippen LogP contribution in [0.4, 0.5) is 8.78 Å². The average Bonchev–Trinajstić information content (AvgIpc) is 2.81. The molecule has 0 unspecified atom stereocenters. The van der Waals surface area contributed by atoms with Crippen LogP contribution in [0.5, 0.6) is 5.75 Å². The van der Waals surface area contributed by atoms with E-state index in [0.717, 1.165) is 43.9 Å². The largest absolute Gasteiger partial charge is 0.497 e. The second-order valence-corrected chi connectivity index (χ2v) is 8.56. The van der Waals surface area contributed by atoms with Crippen molar-refractivity contribution in [3.63, 3.8) is 0 Å². The van der Waals surface area contributed by atoms with E-state index in [4.69, 9.17) is 4.74 Å². The summed E-state index contributed by atoms with van der Waals surface area (Å²) >= 11 is 0. The van der Waals surface area contributed by atoms with Crippen LogP contribution >= 0.6 is 0 Å². The quantitative estimate of drug-likeness (QED) is 0.659. The molecule has 0 saturated carbocycles. The Bertz CT molecular complexity index is 938. The van der Waals surface area contributed by atoms with Crippen molar-refractivity contribution in [2.24, 2.45) is 5.92 Å². The van der Waals surface area contributed by atoms with Gasteiger partial charge in [0.15, 0.2) is 0 Å². The molecule has 0 bridgehead atoms. The van der Waals surface area contributed by atoms with Crippen LogP contribution in [-0.4, -0.2) is 67.5 Å². The maximum absolute atomic E-state index is 14.0. The van der Waals surface area contributed by atoms with Crippen molar-refractivity contribution in [3.05, 3.63) is 65.2 Å². The second kappa shape index (κ2) is 11.2. The topological polar surface area (TPSA) is 61.9 Å². The summed E-state index contributed by atoms with van der Waals surface area (Å²) in [6.07, 6.45) is 0.900. The Labute approximate surface area is 193 Å². The van der Waals surface area contributed by atoms with Gasteiger partial charge in [0.25, 0.3) is 5.91 Å². The van der Waals surface area contributed by atoms with Gasteiger partial charge in [-0.15, -0.1) is 0 Å². The summed E-state index contributed by atoms with van der Waals surface area (Å²) < 4.78 is 33.1. The molecule has 0 spiro atoms. The molecule has 0 aromatic heterocycles. The number of carbonyl (C=O) groups excluding carboxylic acids is 2. The number of benzene rings is 2. The first kappa shape index (κ1) is 24.6. The van der Waals surface area contributed by atoms with E-state index in [0.29, 0.717) is 13.1 Å². The summed E-state index contributed by atoms with van der Waals surface area (Å²) in [7, 11) is 1.64. The van der Waals surface area contributed by atoms with Gasteiger partial charge < -0.3 is 15.0 Å². The summed E-state index contributed by atoms with van der Waals surface area (Å²) in [5, 5.41) is 2.54. The highest BCUT2D eigenvalue weighted by atomic mass is 19.1. The number of carbonyl (C=O) groups is 2. The molecule has 2 aromatic rings. The van der Waals surface area contributed by atoms with Crippen molar-refractivity contribution < 1.29 is 23.1 Å². The number of rotatable bonds is 8. The maximum atomic E-state index is 14.0. The minimum Gasteiger partial charge on any atom is -0.497 e. The summed E-state index contributed by atoms with van der Waals surface area (Å²) in [6.45, 7) is 7.00. The highest BCUT2D eigenvalue weighted by Gasteiger charge is 2.32. The Morgan fingerprint density at radius 2 is 1.61 bits per heavy atom. The molecule has 0 radical (unpaired) electrons. The van der Waals surface area contributed by atoms with Crippen molar-refractivity contribution in [3.8, 4) is 5.75 Å². The summed E-state index contributed by atoms with van der Waals surface area (Å²) in [5.74, 6) is -2.46. The number of piperazine rings is 1. The number of amides is 2. The first-order valence-electron chi connectivity index (χ1n) is 11.2. The molecule has 8 heteroatoms. The minimum absolute atomic E-state index is 0.232. The molecule has 6 nitrogen and oxygen atoms in total. The number of nitrogens with zero attached hydrogens (tertiary/aromatic N) is 2. The Kier molecular flexibility index (Phi) is 8.38. The molecule has 1 aliphatic rings. The van der Waals surface area contributed by atoms with Crippen LogP contribution in [0.15, 0.2) is 42.5 Å². The van der Waals surface area contributed by atoms with Gasteiger partial charge in [0.05, 0.1) is 7.11 Å². The third kappa shape index (κ3) is 6.28. The molecule has 1 fully saturated rings. The Hall–Kier alpha value is -3.00. The van der Waals surface area contributed by atoms with Crippen LogP contribution in [0, 0.1) is 17.6 Å². The van der Waals surface area contributed by atoms with Crippen LogP contribution in [0.1, 0.15) is 29.8 Å². The first-order chi connectivity index (χ1) is 15.8. The van der Waals surface area contributed by atoms with E-state index >= 15 is 0 Å². The molecule has 33 heavy (non-hydrogen) atoms. The molecule has 2 aromatic carbocycles. The molecule has 2 amide bonds. The van der Waals surface area contributed by atoms with Crippen molar-refractivity contribution >= 4 is 11.8 Å². The van der Waals surface area contributed by atoms with E-state index in [-0.39, 0.29) is 11.8 Å². The normalized spacial score (nSPS) is 15.4. The zero-order valence-corrected chi connectivity index (χ0v) is 19.3. The van der Waals surface area contributed by atoms with E-state index in [1.165, 1.54) is 11.6 Å². The number of hydrogen-bond donors (Lipinski definition) is 1. The highest BCUT2D eigenvalue weighted by Crippen LogP contribution is 2.16. The van der Waals surface area contributed by atoms with E-state index in [1.807, 2.05) is 24.3 Å². The average molecular weight is 460 g/mol. The molecular weight excluding hydrogens is 428 g/mol. The van der Waals surface area contributed by atoms with Crippen molar-refractivity contribution in [1.29, 1.82) is 0 Å². The molecule has 1 saturated heterocycles. The van der Waals surface area contributed by atoms with Crippen LogP contribution in [0.25, 0.3) is 0 Å². The van der Waals surface area contributed by atoms with Gasteiger partial charge in [0, 0.05) is 32.7 Å². The van der Waals surface area contributed by atoms with Crippen LogP contribution in [0.3, 0.4) is 0 Å². The summed E-state index contributed by atoms with van der Waals surface area (Å²) in [5.41, 5.74) is 0.552. The van der Waals surface area contributed by atoms with Crippen LogP contribution < -0.4 is 10.1 Å². The van der Waals surface area contributed by atoms with E-state index in [2.05, 4.69) is 10.2 Å². The molecule has 1 N–H and O–H groups in total. The van der Waals surface area contributed by atoms with Crippen molar-refractivity contribution in [2.75, 3.05) is 39.8 Å². The first-order valence-corrected chi connectivity index (χ1v) is 11.2. The number of hydrogen-bond acceptors (Lipinski definition) is 4. The molecule has 1 heterocycles. The molecular formula is C25H31F2N3O3. The van der Waals surface area contributed by atoms with Crippen LogP contribution in [0.2, 0.25) is 0 Å². The Morgan fingerprint density at radius 3 is 2.15 bits per heavy atom. The standard InChI is InChI=1S/C25H31F2N3O3/c1-17(2)23(28-24(31)22-20(26)5-4-6-21(22)27)25(32)30-15-13-29(14-16-30)12-11-18-7-9-19(33-3)10-8-18/h4-10,17,23H,11-16H2,1-3H3,(H,28,31)/t23-/m0/s1. The van der Waals surface area contributed by atoms with Crippen molar-refractivity contribution in [1.82, 2.24) is 15.1 Å². The third-order valence-electron chi connectivity index (χ3n) is 5.97. The van der Waals surface area contributed by atoms with Gasteiger partial charge in [-0.2, -0.15) is 0 Å². The smallest absolute Gasteiger partial charge is 0.257 e. The van der Waals surface area contributed by atoms with Gasteiger partial charge >= 0.3 is 0 Å². The number of nitrogens with one attached hydrogen (secondary N) is 1.